The van der Waals surface area contributed by atoms with Gasteiger partial charge in [-0.05, 0) is 37.5 Å². The molecule has 0 bridgehead atoms. The van der Waals surface area contributed by atoms with Crippen molar-refractivity contribution in [3.8, 4) is 0 Å². The van der Waals surface area contributed by atoms with Gasteiger partial charge in [0.25, 0.3) is 0 Å². The summed E-state index contributed by atoms with van der Waals surface area (Å²) < 4.78 is 69.0. The van der Waals surface area contributed by atoms with Gasteiger partial charge in [-0.1, -0.05) is 427 Å². The van der Waals surface area contributed by atoms with Crippen LogP contribution in [0.25, 0.3) is 0 Å². The van der Waals surface area contributed by atoms with Crippen molar-refractivity contribution in [2.45, 2.75) is 496 Å². The van der Waals surface area contributed by atoms with Gasteiger partial charge in [-0.3, -0.25) is 37.3 Å². The van der Waals surface area contributed by atoms with Crippen molar-refractivity contribution >= 4 is 39.5 Å². The fraction of sp³-hybridized carbons (Fsp3) is 0.955. The Balaban J connectivity index is 5.22. The number of hydrogen-bond acceptors (Lipinski definition) is 15. The first-order chi connectivity index (χ1) is 52.4. The van der Waals surface area contributed by atoms with Gasteiger partial charge in [0.15, 0.2) is 12.2 Å². The van der Waals surface area contributed by atoms with Gasteiger partial charge in [0.1, 0.15) is 19.3 Å². The van der Waals surface area contributed by atoms with Crippen LogP contribution in [0.3, 0.4) is 0 Å². The molecule has 0 aliphatic heterocycles. The van der Waals surface area contributed by atoms with Crippen molar-refractivity contribution in [3.05, 3.63) is 0 Å². The Morgan fingerprint density at radius 3 is 0.704 bits per heavy atom. The van der Waals surface area contributed by atoms with Crippen molar-refractivity contribution in [2.75, 3.05) is 39.6 Å². The minimum atomic E-state index is -4.97. The standard InChI is InChI=1S/C89H174O17P2/c1-7-10-12-14-16-18-20-22-24-26-28-30-32-34-36-40-44-48-52-59-65-71-86(91)99-77-84(105-88(93)73-67-61-53-49-45-41-37-35-33-31-29-27-25-23-21-19-17-15-13-11-8-2)79-103-107(95,96)101-75-83(90)76-102-108(97,98)104-80-85(78-100-87(92)72-66-60-56-55-58-64-70-82(6)9-3)106-89(94)74-68-62-54-50-46-42-38-39-43-47-51-57-63-69-81(4)5/h81-85,90H,7-80H2,1-6H3,(H,95,96)(H,97,98)/t82?,83-,84-,85-/m1/s1. The van der Waals surface area contributed by atoms with Crippen molar-refractivity contribution in [2.24, 2.45) is 11.8 Å². The number of phosphoric ester groups is 2. The SMILES string of the molecule is CCCCCCCCCCCCCCCCCCCCCCCC(=O)OC[C@H](COP(=O)(O)OC[C@@H](O)COP(=O)(O)OC[C@@H](COC(=O)CCCCCCCCC(C)CC)OC(=O)CCCCCCCCCCCCCCCC(C)C)OC(=O)CCCCCCCCCCCCCCCCCCCCCCC. The van der Waals surface area contributed by atoms with Crippen LogP contribution in [0.5, 0.6) is 0 Å². The summed E-state index contributed by atoms with van der Waals surface area (Å²) in [6, 6.07) is 0. The topological polar surface area (TPSA) is 237 Å². The van der Waals surface area contributed by atoms with Crippen molar-refractivity contribution in [1.29, 1.82) is 0 Å². The van der Waals surface area contributed by atoms with Gasteiger partial charge in [0.2, 0.25) is 0 Å². The number of rotatable bonds is 88. The monoisotopic (exact) mass is 1580 g/mol. The number of aliphatic hydroxyl groups excluding tert-OH is 1. The van der Waals surface area contributed by atoms with E-state index in [2.05, 4.69) is 41.5 Å². The molecular weight excluding hydrogens is 1400 g/mol. The number of carbonyl (C=O) groups is 4. The van der Waals surface area contributed by atoms with E-state index in [4.69, 9.17) is 37.0 Å². The van der Waals surface area contributed by atoms with Crippen LogP contribution in [0.4, 0.5) is 0 Å². The van der Waals surface area contributed by atoms with E-state index in [1.54, 1.807) is 0 Å². The number of aliphatic hydroxyl groups is 1. The molecule has 0 spiro atoms. The molecule has 0 radical (unpaired) electrons. The number of hydrogen-bond donors (Lipinski definition) is 3. The van der Waals surface area contributed by atoms with Crippen LogP contribution in [0.1, 0.15) is 478 Å². The van der Waals surface area contributed by atoms with Crippen LogP contribution in [-0.4, -0.2) is 96.7 Å². The molecule has 0 saturated carbocycles. The normalized spacial score (nSPS) is 14.0. The van der Waals surface area contributed by atoms with Gasteiger partial charge in [-0.2, -0.15) is 0 Å². The van der Waals surface area contributed by atoms with Crippen LogP contribution in [0, 0.1) is 11.8 Å². The number of carbonyl (C=O) groups excluding carboxylic acids is 4. The minimum Gasteiger partial charge on any atom is -0.462 e. The molecular formula is C89H174O17P2. The first-order valence-electron chi connectivity index (χ1n) is 46.0. The van der Waals surface area contributed by atoms with Crippen molar-refractivity contribution in [3.63, 3.8) is 0 Å². The number of esters is 4. The zero-order valence-electron chi connectivity index (χ0n) is 71.2. The molecule has 642 valence electrons. The first-order valence-corrected chi connectivity index (χ1v) is 49.0. The highest BCUT2D eigenvalue weighted by atomic mass is 31.2. The maximum atomic E-state index is 13.2. The highest BCUT2D eigenvalue weighted by molar-refractivity contribution is 7.47. The Morgan fingerprint density at radius 2 is 0.472 bits per heavy atom. The molecule has 0 amide bonds. The fourth-order valence-electron chi connectivity index (χ4n) is 13.9. The molecule has 0 aliphatic rings. The van der Waals surface area contributed by atoms with Gasteiger partial charge < -0.3 is 33.8 Å². The largest absolute Gasteiger partial charge is 0.472 e. The van der Waals surface area contributed by atoms with Crippen molar-refractivity contribution in [1.82, 2.24) is 0 Å². The summed E-state index contributed by atoms with van der Waals surface area (Å²) in [5.74, 6) is -0.584. The van der Waals surface area contributed by atoms with Gasteiger partial charge in [-0.15, -0.1) is 0 Å². The van der Waals surface area contributed by atoms with E-state index in [1.807, 2.05) is 0 Å². The van der Waals surface area contributed by atoms with Crippen LogP contribution in [-0.2, 0) is 65.4 Å². The smallest absolute Gasteiger partial charge is 0.462 e. The van der Waals surface area contributed by atoms with Gasteiger partial charge in [0, 0.05) is 25.7 Å². The van der Waals surface area contributed by atoms with Gasteiger partial charge >= 0.3 is 39.5 Å². The first kappa shape index (κ1) is 106. The van der Waals surface area contributed by atoms with Gasteiger partial charge in [0.05, 0.1) is 26.4 Å². The second-order valence-electron chi connectivity index (χ2n) is 32.7. The van der Waals surface area contributed by atoms with Crippen molar-refractivity contribution < 1.29 is 80.2 Å². The molecule has 0 aromatic carbocycles. The molecule has 0 aromatic rings. The number of phosphoric acid groups is 2. The average molecular weight is 1580 g/mol. The zero-order chi connectivity index (χ0) is 79.2. The summed E-state index contributed by atoms with van der Waals surface area (Å²) in [5.41, 5.74) is 0. The quantitative estimate of drug-likeness (QED) is 0.0222. The van der Waals surface area contributed by atoms with Crippen LogP contribution >= 0.6 is 15.6 Å². The van der Waals surface area contributed by atoms with Crippen LogP contribution in [0.15, 0.2) is 0 Å². The summed E-state index contributed by atoms with van der Waals surface area (Å²) in [5, 5.41) is 10.7. The Hall–Kier alpha value is -1.94. The zero-order valence-corrected chi connectivity index (χ0v) is 73.0. The maximum absolute atomic E-state index is 13.2. The van der Waals surface area contributed by atoms with E-state index in [-0.39, 0.29) is 25.7 Å². The number of unbranched alkanes of at least 4 members (excludes halogenated alkanes) is 57. The summed E-state index contributed by atoms with van der Waals surface area (Å²) in [6.45, 7) is 9.66. The number of ether oxygens (including phenoxy) is 4. The van der Waals surface area contributed by atoms with E-state index < -0.39 is 97.5 Å². The highest BCUT2D eigenvalue weighted by Gasteiger charge is 2.31. The molecule has 17 nitrogen and oxygen atoms in total. The molecule has 3 N–H and O–H groups in total. The molecule has 0 heterocycles. The third-order valence-corrected chi connectivity index (χ3v) is 23.2. The Labute approximate surface area is 664 Å². The second kappa shape index (κ2) is 80.3. The summed E-state index contributed by atoms with van der Waals surface area (Å²) in [6.07, 6.45) is 73.8. The van der Waals surface area contributed by atoms with E-state index in [1.165, 1.54) is 289 Å². The fourth-order valence-corrected chi connectivity index (χ4v) is 15.5. The summed E-state index contributed by atoms with van der Waals surface area (Å²) in [7, 11) is -9.93. The van der Waals surface area contributed by atoms with E-state index in [0.29, 0.717) is 25.7 Å². The van der Waals surface area contributed by atoms with Crippen LogP contribution in [0.2, 0.25) is 0 Å². The molecule has 0 aliphatic carbocycles. The Bertz CT molecular complexity index is 2070. The molecule has 108 heavy (non-hydrogen) atoms. The lowest BCUT2D eigenvalue weighted by Gasteiger charge is -2.21. The van der Waals surface area contributed by atoms with E-state index in [9.17, 15) is 43.2 Å². The van der Waals surface area contributed by atoms with E-state index >= 15 is 0 Å². The molecule has 19 heteroatoms. The molecule has 0 saturated heterocycles. The average Bonchev–Trinajstić information content (AvgIpc) is 0.881. The molecule has 0 fully saturated rings. The van der Waals surface area contributed by atoms with Gasteiger partial charge in [-0.25, -0.2) is 9.13 Å². The molecule has 0 aromatic heterocycles. The van der Waals surface area contributed by atoms with Crippen LogP contribution < -0.4 is 0 Å². The predicted octanol–water partition coefficient (Wildman–Crippen LogP) is 27.4. The third kappa shape index (κ3) is 80.7. The minimum absolute atomic E-state index is 0.107. The van der Waals surface area contributed by atoms with E-state index in [0.717, 1.165) is 108 Å². The molecule has 3 unspecified atom stereocenters. The third-order valence-electron chi connectivity index (χ3n) is 21.3. The predicted molar refractivity (Wildman–Crippen MR) is 446 cm³/mol. The Morgan fingerprint density at radius 1 is 0.269 bits per heavy atom. The maximum Gasteiger partial charge on any atom is 0.472 e. The lowest BCUT2D eigenvalue weighted by molar-refractivity contribution is -0.161. The summed E-state index contributed by atoms with van der Waals surface area (Å²) >= 11 is 0. The molecule has 6 atom stereocenters. The second-order valence-corrected chi connectivity index (χ2v) is 35.6. The lowest BCUT2D eigenvalue weighted by Crippen LogP contribution is -2.30. The Kier molecular flexibility index (Phi) is 78.8. The highest BCUT2D eigenvalue weighted by Crippen LogP contribution is 2.45. The molecule has 0 rings (SSSR count). The lowest BCUT2D eigenvalue weighted by atomic mass is 10.00. The summed E-state index contributed by atoms with van der Waals surface area (Å²) in [4.78, 5) is 73.3.